The minimum Gasteiger partial charge on any atom is -0.397 e. The third-order valence-corrected chi connectivity index (χ3v) is 3.83. The van der Waals surface area contributed by atoms with Gasteiger partial charge in [0.15, 0.2) is 0 Å². The van der Waals surface area contributed by atoms with Crippen LogP contribution in [0.4, 0.5) is 11.4 Å². The van der Waals surface area contributed by atoms with E-state index in [2.05, 4.69) is 30.8 Å². The van der Waals surface area contributed by atoms with Gasteiger partial charge in [-0.05, 0) is 34.8 Å². The molecule has 1 aliphatic rings. The number of piperidine rings is 1. The highest BCUT2D eigenvalue weighted by molar-refractivity contribution is 9.10. The number of aromatic nitrogens is 2. The molecule has 0 amide bonds. The van der Waals surface area contributed by atoms with Gasteiger partial charge in [0, 0.05) is 25.3 Å². The van der Waals surface area contributed by atoms with Gasteiger partial charge in [-0.25, -0.2) is 4.98 Å². The van der Waals surface area contributed by atoms with Crippen LogP contribution >= 0.6 is 15.9 Å². The van der Waals surface area contributed by atoms with Gasteiger partial charge in [-0.3, -0.25) is 0 Å². The zero-order valence-electron chi connectivity index (χ0n) is 9.99. The number of aromatic amines is 1. The number of nitrogens with two attached hydrogens (primary N) is 2. The summed E-state index contributed by atoms with van der Waals surface area (Å²) in [6.45, 7) is 1.89. The number of hydrogen-bond acceptors (Lipinski definition) is 4. The highest BCUT2D eigenvalue weighted by atomic mass is 79.9. The number of nitrogens with one attached hydrogen (secondary N) is 1. The standard InChI is InChI=1S/C12H16BrN5/c13-10-4-9(18-3-1-2-7(14)6-18)11-8(15)5-16-12(11)17-10/h4-5,7H,1-3,6,14-15H2,(H,16,17)/t7-/m1/s1. The van der Waals surface area contributed by atoms with E-state index in [1.54, 1.807) is 6.20 Å². The summed E-state index contributed by atoms with van der Waals surface area (Å²) >= 11 is 3.44. The first-order valence-electron chi connectivity index (χ1n) is 6.09. The summed E-state index contributed by atoms with van der Waals surface area (Å²) < 4.78 is 0.811. The normalized spacial score (nSPS) is 20.6. The molecule has 0 aromatic carbocycles. The second-order valence-electron chi connectivity index (χ2n) is 4.78. The number of fused-ring (bicyclic) bond motifs is 1. The number of pyridine rings is 1. The molecule has 0 saturated carbocycles. The van der Waals surface area contributed by atoms with Crippen molar-refractivity contribution in [2.24, 2.45) is 5.73 Å². The average Bonchev–Trinajstić information content (AvgIpc) is 2.70. The number of H-pyrrole nitrogens is 1. The zero-order chi connectivity index (χ0) is 12.7. The maximum absolute atomic E-state index is 6.05. The first-order chi connectivity index (χ1) is 8.65. The Kier molecular flexibility index (Phi) is 2.91. The van der Waals surface area contributed by atoms with E-state index in [1.165, 1.54) is 0 Å². The minimum atomic E-state index is 0.237. The van der Waals surface area contributed by atoms with E-state index >= 15 is 0 Å². The van der Waals surface area contributed by atoms with Gasteiger partial charge < -0.3 is 21.4 Å². The van der Waals surface area contributed by atoms with E-state index in [0.29, 0.717) is 0 Å². The third-order valence-electron chi connectivity index (χ3n) is 3.42. The molecule has 2 aromatic heterocycles. The van der Waals surface area contributed by atoms with Crippen molar-refractivity contribution in [1.29, 1.82) is 0 Å². The van der Waals surface area contributed by atoms with Gasteiger partial charge in [-0.2, -0.15) is 0 Å². The van der Waals surface area contributed by atoms with Crippen LogP contribution in [-0.2, 0) is 0 Å². The van der Waals surface area contributed by atoms with Gasteiger partial charge >= 0.3 is 0 Å². The second-order valence-corrected chi connectivity index (χ2v) is 5.59. The summed E-state index contributed by atoms with van der Waals surface area (Å²) in [4.78, 5) is 9.79. The van der Waals surface area contributed by atoms with E-state index in [1.807, 2.05) is 6.07 Å². The Labute approximate surface area is 114 Å². The Bertz CT molecular complexity index is 579. The quantitative estimate of drug-likeness (QED) is 0.702. The van der Waals surface area contributed by atoms with Crippen LogP contribution in [0.25, 0.3) is 11.0 Å². The number of nitrogens with zero attached hydrogens (tertiary/aromatic N) is 2. The minimum absolute atomic E-state index is 0.237. The highest BCUT2D eigenvalue weighted by Crippen LogP contribution is 2.33. The Hall–Kier alpha value is -1.27. The van der Waals surface area contributed by atoms with Crippen LogP contribution in [-0.4, -0.2) is 29.1 Å². The number of hydrogen-bond donors (Lipinski definition) is 3. The summed E-state index contributed by atoms with van der Waals surface area (Å²) in [5, 5.41) is 0.993. The molecule has 0 radical (unpaired) electrons. The molecule has 5 nitrogen and oxygen atoms in total. The van der Waals surface area contributed by atoms with Crippen LogP contribution in [0.1, 0.15) is 12.8 Å². The fourth-order valence-corrected chi connectivity index (χ4v) is 2.98. The molecule has 0 aliphatic carbocycles. The predicted octanol–water partition coefficient (Wildman–Crippen LogP) is 1.84. The number of nitrogen functional groups attached to an aromatic ring is 1. The Balaban J connectivity index is 2.12. The van der Waals surface area contributed by atoms with Gasteiger partial charge in [-0.15, -0.1) is 0 Å². The Morgan fingerprint density at radius 2 is 2.33 bits per heavy atom. The number of anilines is 2. The topological polar surface area (TPSA) is 84.0 Å². The predicted molar refractivity (Wildman–Crippen MR) is 77.6 cm³/mol. The smallest absolute Gasteiger partial charge is 0.142 e. The summed E-state index contributed by atoms with van der Waals surface area (Å²) in [7, 11) is 0. The molecule has 1 saturated heterocycles. The second kappa shape index (κ2) is 4.44. The van der Waals surface area contributed by atoms with Crippen molar-refractivity contribution in [3.05, 3.63) is 16.9 Å². The monoisotopic (exact) mass is 309 g/mol. The lowest BCUT2D eigenvalue weighted by Gasteiger charge is -2.33. The molecule has 0 spiro atoms. The van der Waals surface area contributed by atoms with Crippen molar-refractivity contribution in [3.8, 4) is 0 Å². The lowest BCUT2D eigenvalue weighted by molar-refractivity contribution is 0.507. The van der Waals surface area contributed by atoms with Gasteiger partial charge in [-0.1, -0.05) is 0 Å². The Morgan fingerprint density at radius 1 is 1.50 bits per heavy atom. The number of halogens is 1. The van der Waals surface area contributed by atoms with Crippen molar-refractivity contribution >= 4 is 38.3 Å². The molecular weight excluding hydrogens is 294 g/mol. The van der Waals surface area contributed by atoms with Gasteiger partial charge in [0.1, 0.15) is 10.3 Å². The molecule has 5 N–H and O–H groups in total. The molecule has 96 valence electrons. The van der Waals surface area contributed by atoms with E-state index in [0.717, 1.165) is 52.9 Å². The highest BCUT2D eigenvalue weighted by Gasteiger charge is 2.21. The van der Waals surface area contributed by atoms with Crippen molar-refractivity contribution in [2.45, 2.75) is 18.9 Å². The van der Waals surface area contributed by atoms with Crippen LogP contribution in [0.5, 0.6) is 0 Å². The van der Waals surface area contributed by atoms with Crippen molar-refractivity contribution in [1.82, 2.24) is 9.97 Å². The fraction of sp³-hybridized carbons (Fsp3) is 0.417. The average molecular weight is 310 g/mol. The lowest BCUT2D eigenvalue weighted by Crippen LogP contribution is -2.42. The molecule has 1 fully saturated rings. The maximum atomic E-state index is 6.05. The summed E-state index contributed by atoms with van der Waals surface area (Å²) in [6.07, 6.45) is 4.00. The van der Waals surface area contributed by atoms with E-state index in [4.69, 9.17) is 11.5 Å². The van der Waals surface area contributed by atoms with Gasteiger partial charge in [0.05, 0.1) is 16.8 Å². The van der Waals surface area contributed by atoms with Crippen LogP contribution in [0.2, 0.25) is 0 Å². The molecule has 0 bridgehead atoms. The molecule has 6 heteroatoms. The number of rotatable bonds is 1. The fourth-order valence-electron chi connectivity index (χ4n) is 2.59. The molecule has 0 unspecified atom stereocenters. The maximum Gasteiger partial charge on any atom is 0.142 e. The van der Waals surface area contributed by atoms with Crippen molar-refractivity contribution < 1.29 is 0 Å². The first kappa shape index (κ1) is 11.8. The largest absolute Gasteiger partial charge is 0.397 e. The first-order valence-corrected chi connectivity index (χ1v) is 6.88. The molecule has 18 heavy (non-hydrogen) atoms. The van der Waals surface area contributed by atoms with Crippen LogP contribution in [0.15, 0.2) is 16.9 Å². The lowest BCUT2D eigenvalue weighted by atomic mass is 10.1. The van der Waals surface area contributed by atoms with Gasteiger partial charge in [0.2, 0.25) is 0 Å². The van der Waals surface area contributed by atoms with Crippen LogP contribution in [0, 0.1) is 0 Å². The molecule has 3 rings (SSSR count). The van der Waals surface area contributed by atoms with Crippen molar-refractivity contribution in [2.75, 3.05) is 23.7 Å². The molecular formula is C12H16BrN5. The van der Waals surface area contributed by atoms with Crippen LogP contribution < -0.4 is 16.4 Å². The molecule has 1 atom stereocenters. The van der Waals surface area contributed by atoms with Gasteiger partial charge in [0.25, 0.3) is 0 Å². The van der Waals surface area contributed by atoms with Crippen LogP contribution in [0.3, 0.4) is 0 Å². The van der Waals surface area contributed by atoms with E-state index in [9.17, 15) is 0 Å². The van der Waals surface area contributed by atoms with E-state index < -0.39 is 0 Å². The SMILES string of the molecule is Nc1c[nH]c2nc(Br)cc(N3CCC[C@@H](N)C3)c12. The Morgan fingerprint density at radius 3 is 3.11 bits per heavy atom. The summed E-state index contributed by atoms with van der Waals surface area (Å²) in [6, 6.07) is 2.26. The summed E-state index contributed by atoms with van der Waals surface area (Å²) in [5.74, 6) is 0. The van der Waals surface area contributed by atoms with E-state index in [-0.39, 0.29) is 6.04 Å². The third kappa shape index (κ3) is 1.95. The van der Waals surface area contributed by atoms with Crippen molar-refractivity contribution in [3.63, 3.8) is 0 Å². The molecule has 2 aromatic rings. The molecule has 1 aliphatic heterocycles. The zero-order valence-corrected chi connectivity index (χ0v) is 11.6. The summed E-state index contributed by atoms with van der Waals surface area (Å²) in [5.41, 5.74) is 14.7. The molecule has 3 heterocycles.